The molecule has 6 aromatic rings. The lowest BCUT2D eigenvalue weighted by Crippen LogP contribution is -2.14. The first-order chi connectivity index (χ1) is 18.9. The van der Waals surface area contributed by atoms with E-state index in [1.165, 1.54) is 22.3 Å². The van der Waals surface area contributed by atoms with Crippen LogP contribution in [0.3, 0.4) is 0 Å². The summed E-state index contributed by atoms with van der Waals surface area (Å²) in [5, 5.41) is 1.06. The number of rotatable bonds is 3. The van der Waals surface area contributed by atoms with E-state index in [-0.39, 0.29) is 5.41 Å². The van der Waals surface area contributed by atoms with E-state index < -0.39 is 0 Å². The van der Waals surface area contributed by atoms with E-state index in [4.69, 9.17) is 9.97 Å². The van der Waals surface area contributed by atoms with Gasteiger partial charge in [-0.05, 0) is 59.9 Å². The van der Waals surface area contributed by atoms with E-state index in [0.717, 1.165) is 56.1 Å². The summed E-state index contributed by atoms with van der Waals surface area (Å²) in [6.45, 7) is 8.73. The summed E-state index contributed by atoms with van der Waals surface area (Å²) >= 11 is 0. The Bertz CT molecular complexity index is 1920. The standard InChI is InChI=1S/C36H29N3/c1-22-19-20-26(23(2)37-22)24-11-9-12-25(21-24)35-38-32-18-8-6-14-28(32)34(39-35)29-15-10-17-31-33(29)27-13-5-7-16-30(27)36(31,3)4/h5-21H,1-4H3. The van der Waals surface area contributed by atoms with Gasteiger partial charge in [-0.2, -0.15) is 0 Å². The molecular formula is C36H29N3. The van der Waals surface area contributed by atoms with Crippen molar-refractivity contribution in [2.45, 2.75) is 33.1 Å². The van der Waals surface area contributed by atoms with E-state index in [9.17, 15) is 0 Å². The Morgan fingerprint density at radius 1 is 0.564 bits per heavy atom. The molecule has 0 fully saturated rings. The third kappa shape index (κ3) is 3.69. The smallest absolute Gasteiger partial charge is 0.160 e. The van der Waals surface area contributed by atoms with Crippen LogP contribution in [-0.2, 0) is 5.41 Å². The second-order valence-electron chi connectivity index (χ2n) is 11.0. The normalized spacial score (nSPS) is 13.3. The highest BCUT2D eigenvalue weighted by atomic mass is 14.9. The van der Waals surface area contributed by atoms with Crippen LogP contribution in [0, 0.1) is 13.8 Å². The van der Waals surface area contributed by atoms with Gasteiger partial charge in [0.05, 0.1) is 11.2 Å². The molecule has 2 aromatic heterocycles. The fourth-order valence-corrected chi connectivity index (χ4v) is 6.18. The molecule has 1 aliphatic rings. The topological polar surface area (TPSA) is 38.7 Å². The van der Waals surface area contributed by atoms with Crippen LogP contribution in [0.2, 0.25) is 0 Å². The van der Waals surface area contributed by atoms with Gasteiger partial charge < -0.3 is 0 Å². The molecule has 0 saturated heterocycles. The van der Waals surface area contributed by atoms with Crippen LogP contribution in [0.15, 0.2) is 103 Å². The molecule has 2 heterocycles. The van der Waals surface area contributed by atoms with Crippen molar-refractivity contribution in [3.63, 3.8) is 0 Å². The van der Waals surface area contributed by atoms with E-state index in [1.807, 2.05) is 6.92 Å². The van der Waals surface area contributed by atoms with Crippen molar-refractivity contribution in [3.8, 4) is 44.9 Å². The lowest BCUT2D eigenvalue weighted by atomic mass is 9.82. The molecule has 7 rings (SSSR count). The van der Waals surface area contributed by atoms with Gasteiger partial charge in [-0.15, -0.1) is 0 Å². The second kappa shape index (κ2) is 8.71. The fraction of sp³-hybridized carbons (Fsp3) is 0.139. The minimum absolute atomic E-state index is 0.0676. The molecule has 0 amide bonds. The molecule has 188 valence electrons. The maximum Gasteiger partial charge on any atom is 0.160 e. The Balaban J connectivity index is 1.46. The highest BCUT2D eigenvalue weighted by molar-refractivity contribution is 6.00. The molecular weight excluding hydrogens is 474 g/mol. The number of fused-ring (bicyclic) bond motifs is 4. The molecule has 0 bridgehead atoms. The summed E-state index contributed by atoms with van der Waals surface area (Å²) in [6.07, 6.45) is 0. The molecule has 39 heavy (non-hydrogen) atoms. The predicted molar refractivity (Wildman–Crippen MR) is 161 cm³/mol. The zero-order valence-electron chi connectivity index (χ0n) is 22.7. The van der Waals surface area contributed by atoms with Gasteiger partial charge in [0.2, 0.25) is 0 Å². The first kappa shape index (κ1) is 23.5. The van der Waals surface area contributed by atoms with Crippen LogP contribution < -0.4 is 0 Å². The predicted octanol–water partition coefficient (Wildman–Crippen LogP) is 8.95. The van der Waals surface area contributed by atoms with Gasteiger partial charge in [-0.3, -0.25) is 4.98 Å². The third-order valence-corrected chi connectivity index (χ3v) is 8.12. The lowest BCUT2D eigenvalue weighted by molar-refractivity contribution is 0.660. The summed E-state index contributed by atoms with van der Waals surface area (Å²) in [7, 11) is 0. The van der Waals surface area contributed by atoms with Gasteiger partial charge in [0.1, 0.15) is 0 Å². The molecule has 0 saturated carbocycles. The summed E-state index contributed by atoms with van der Waals surface area (Å²) in [6, 6.07) is 36.5. The van der Waals surface area contributed by atoms with E-state index in [2.05, 4.69) is 129 Å². The van der Waals surface area contributed by atoms with Crippen molar-refractivity contribution in [3.05, 3.63) is 126 Å². The van der Waals surface area contributed by atoms with Crippen LogP contribution in [-0.4, -0.2) is 15.0 Å². The SMILES string of the molecule is Cc1ccc(-c2cccc(-c3nc(-c4cccc5c4-c4ccccc4C5(C)C)c4ccccc4n3)c2)c(C)n1. The van der Waals surface area contributed by atoms with Crippen molar-refractivity contribution >= 4 is 10.9 Å². The average Bonchev–Trinajstić information content (AvgIpc) is 3.19. The van der Waals surface area contributed by atoms with Crippen molar-refractivity contribution < 1.29 is 0 Å². The summed E-state index contributed by atoms with van der Waals surface area (Å²) < 4.78 is 0. The molecule has 0 spiro atoms. The number of nitrogens with zero attached hydrogens (tertiary/aromatic N) is 3. The Morgan fingerprint density at radius 2 is 1.28 bits per heavy atom. The second-order valence-corrected chi connectivity index (χ2v) is 11.0. The number of hydrogen-bond donors (Lipinski definition) is 0. The number of pyridine rings is 1. The summed E-state index contributed by atoms with van der Waals surface area (Å²) in [5.41, 5.74) is 13.6. The van der Waals surface area contributed by atoms with Gasteiger partial charge >= 0.3 is 0 Å². The summed E-state index contributed by atoms with van der Waals surface area (Å²) in [5.74, 6) is 0.728. The number of aryl methyl sites for hydroxylation is 2. The van der Waals surface area contributed by atoms with Crippen LogP contribution in [0.5, 0.6) is 0 Å². The van der Waals surface area contributed by atoms with Crippen LogP contribution in [0.4, 0.5) is 0 Å². The van der Waals surface area contributed by atoms with E-state index in [0.29, 0.717) is 0 Å². The number of benzene rings is 4. The molecule has 0 radical (unpaired) electrons. The van der Waals surface area contributed by atoms with Gasteiger partial charge in [0.15, 0.2) is 5.82 Å². The average molecular weight is 504 g/mol. The number of hydrogen-bond acceptors (Lipinski definition) is 3. The van der Waals surface area contributed by atoms with Gasteiger partial charge in [0.25, 0.3) is 0 Å². The quantitative estimate of drug-likeness (QED) is 0.242. The fourth-order valence-electron chi connectivity index (χ4n) is 6.18. The van der Waals surface area contributed by atoms with Gasteiger partial charge in [-0.25, -0.2) is 9.97 Å². The first-order valence-electron chi connectivity index (χ1n) is 13.5. The lowest BCUT2D eigenvalue weighted by Gasteiger charge is -2.21. The minimum Gasteiger partial charge on any atom is -0.258 e. The third-order valence-electron chi connectivity index (χ3n) is 8.12. The van der Waals surface area contributed by atoms with Crippen LogP contribution in [0.1, 0.15) is 36.4 Å². The molecule has 3 heteroatoms. The molecule has 4 aromatic carbocycles. The molecule has 1 aliphatic carbocycles. The van der Waals surface area contributed by atoms with Crippen molar-refractivity contribution in [1.29, 1.82) is 0 Å². The first-order valence-corrected chi connectivity index (χ1v) is 13.5. The van der Waals surface area contributed by atoms with Crippen molar-refractivity contribution in [2.24, 2.45) is 0 Å². The van der Waals surface area contributed by atoms with E-state index >= 15 is 0 Å². The molecule has 0 aliphatic heterocycles. The molecule has 0 N–H and O–H groups in total. The monoisotopic (exact) mass is 503 g/mol. The molecule has 0 unspecified atom stereocenters. The number of aromatic nitrogens is 3. The Kier molecular flexibility index (Phi) is 5.24. The molecule has 0 atom stereocenters. The Labute approximate surface area is 229 Å². The Morgan fingerprint density at radius 3 is 2.15 bits per heavy atom. The van der Waals surface area contributed by atoms with Crippen molar-refractivity contribution in [1.82, 2.24) is 15.0 Å². The van der Waals surface area contributed by atoms with E-state index in [1.54, 1.807) is 0 Å². The largest absolute Gasteiger partial charge is 0.258 e. The summed E-state index contributed by atoms with van der Waals surface area (Å²) in [4.78, 5) is 15.0. The maximum absolute atomic E-state index is 5.28. The van der Waals surface area contributed by atoms with Crippen LogP contribution >= 0.6 is 0 Å². The van der Waals surface area contributed by atoms with Gasteiger partial charge in [0, 0.05) is 38.9 Å². The van der Waals surface area contributed by atoms with Gasteiger partial charge in [-0.1, -0.05) is 98.8 Å². The Hall–Kier alpha value is -4.63. The van der Waals surface area contributed by atoms with Crippen LogP contribution in [0.25, 0.3) is 55.8 Å². The zero-order chi connectivity index (χ0) is 26.7. The highest BCUT2D eigenvalue weighted by Gasteiger charge is 2.37. The minimum atomic E-state index is -0.0676. The zero-order valence-corrected chi connectivity index (χ0v) is 22.7. The maximum atomic E-state index is 5.28. The number of para-hydroxylation sites is 1. The highest BCUT2D eigenvalue weighted by Crippen LogP contribution is 2.52. The van der Waals surface area contributed by atoms with Crippen molar-refractivity contribution in [2.75, 3.05) is 0 Å². The molecule has 3 nitrogen and oxygen atoms in total.